The molecule has 1 saturated heterocycles. The Morgan fingerprint density at radius 1 is 1.02 bits per heavy atom. The highest BCUT2D eigenvalue weighted by molar-refractivity contribution is 5.94. The zero-order valence-electron chi connectivity index (χ0n) is 23.0. The van der Waals surface area contributed by atoms with E-state index in [1.54, 1.807) is 7.11 Å². The molecule has 5 rings (SSSR count). The Bertz CT molecular complexity index is 1450. The molecule has 0 spiro atoms. The van der Waals surface area contributed by atoms with Gasteiger partial charge in [-0.2, -0.15) is 5.26 Å². The van der Waals surface area contributed by atoms with Crippen molar-refractivity contribution in [3.8, 4) is 6.07 Å². The fraction of sp³-hybridized carbons (Fsp3) is 0.344. The molecule has 0 aliphatic carbocycles. The number of nitrogens with one attached hydrogen (secondary N) is 2. The molecule has 40 heavy (non-hydrogen) atoms. The number of rotatable bonds is 11. The third-order valence-electron chi connectivity index (χ3n) is 7.52. The van der Waals surface area contributed by atoms with Crippen molar-refractivity contribution >= 4 is 22.9 Å². The third-order valence-corrected chi connectivity index (χ3v) is 7.52. The van der Waals surface area contributed by atoms with Crippen molar-refractivity contribution in [2.24, 2.45) is 0 Å². The van der Waals surface area contributed by atoms with Crippen LogP contribution in [0.15, 0.2) is 72.8 Å². The quantitative estimate of drug-likeness (QED) is 0.275. The molecule has 0 atom stereocenters. The monoisotopic (exact) mass is 536 g/mol. The number of benzene rings is 3. The van der Waals surface area contributed by atoms with E-state index in [-0.39, 0.29) is 5.91 Å². The molecule has 2 heterocycles. The molecule has 0 saturated carbocycles. The number of nitriles is 1. The highest BCUT2D eigenvalue weighted by Crippen LogP contribution is 2.24. The molecule has 1 aliphatic rings. The Morgan fingerprint density at radius 2 is 1.75 bits per heavy atom. The van der Waals surface area contributed by atoms with Gasteiger partial charge in [0.2, 0.25) is 5.95 Å². The number of carbonyl (C=O) groups is 1. The average molecular weight is 537 g/mol. The van der Waals surface area contributed by atoms with Gasteiger partial charge in [-0.3, -0.25) is 4.79 Å². The lowest BCUT2D eigenvalue weighted by molar-refractivity contribution is 0.0937. The highest BCUT2D eigenvalue weighted by Gasteiger charge is 2.21. The van der Waals surface area contributed by atoms with E-state index < -0.39 is 0 Å². The molecular formula is C32H36N6O2. The number of nitrogens with zero attached hydrogens (tertiary/aromatic N) is 4. The van der Waals surface area contributed by atoms with E-state index in [9.17, 15) is 4.79 Å². The Labute approximate surface area is 235 Å². The molecule has 1 amide bonds. The van der Waals surface area contributed by atoms with Gasteiger partial charge in [0.05, 0.1) is 35.8 Å². The predicted molar refractivity (Wildman–Crippen MR) is 157 cm³/mol. The first kappa shape index (κ1) is 27.4. The highest BCUT2D eigenvalue weighted by atomic mass is 16.5. The van der Waals surface area contributed by atoms with Crippen molar-refractivity contribution in [2.45, 2.75) is 31.8 Å². The van der Waals surface area contributed by atoms with E-state index in [1.165, 1.54) is 5.56 Å². The van der Waals surface area contributed by atoms with E-state index >= 15 is 0 Å². The number of anilines is 1. The number of fused-ring (bicyclic) bond motifs is 1. The minimum atomic E-state index is -0.0661. The maximum absolute atomic E-state index is 12.2. The van der Waals surface area contributed by atoms with Crippen LogP contribution in [0.1, 0.15) is 39.9 Å². The van der Waals surface area contributed by atoms with Crippen LogP contribution in [0.3, 0.4) is 0 Å². The topological polar surface area (TPSA) is 95.2 Å². The number of amides is 1. The van der Waals surface area contributed by atoms with Crippen LogP contribution in [-0.2, 0) is 17.7 Å². The van der Waals surface area contributed by atoms with Crippen LogP contribution in [0.25, 0.3) is 11.0 Å². The van der Waals surface area contributed by atoms with Gasteiger partial charge < -0.3 is 24.8 Å². The molecule has 206 valence electrons. The van der Waals surface area contributed by atoms with E-state index in [0.29, 0.717) is 36.9 Å². The number of aromatic nitrogens is 2. The summed E-state index contributed by atoms with van der Waals surface area (Å²) in [6.07, 6.45) is 3.07. The summed E-state index contributed by atoms with van der Waals surface area (Å²) in [7, 11) is 1.62. The second kappa shape index (κ2) is 13.2. The molecule has 4 aromatic rings. The Hall–Kier alpha value is -4.19. The summed E-state index contributed by atoms with van der Waals surface area (Å²) in [4.78, 5) is 19.6. The number of methoxy groups -OCH3 is 1. The molecular weight excluding hydrogens is 500 g/mol. The first-order valence-electron chi connectivity index (χ1n) is 13.9. The summed E-state index contributed by atoms with van der Waals surface area (Å²) in [5.41, 5.74) is 5.81. The van der Waals surface area contributed by atoms with Crippen LogP contribution < -0.4 is 10.6 Å². The van der Waals surface area contributed by atoms with Crippen LogP contribution in [0.5, 0.6) is 0 Å². The van der Waals surface area contributed by atoms with Crippen LogP contribution in [0.2, 0.25) is 0 Å². The molecule has 1 aromatic heterocycles. The summed E-state index contributed by atoms with van der Waals surface area (Å²) >= 11 is 0. The SMILES string of the molecule is COCCNC(=O)c1ccc(CCN2CCC(Nc3nc4ccccc4n3Cc3ccc(C#N)cc3)CC2)cc1. The zero-order valence-corrected chi connectivity index (χ0v) is 23.0. The lowest BCUT2D eigenvalue weighted by atomic mass is 10.0. The largest absolute Gasteiger partial charge is 0.383 e. The number of hydrogen-bond acceptors (Lipinski definition) is 6. The van der Waals surface area contributed by atoms with Crippen molar-refractivity contribution in [3.63, 3.8) is 0 Å². The summed E-state index contributed by atoms with van der Waals surface area (Å²) < 4.78 is 7.22. The maximum Gasteiger partial charge on any atom is 0.251 e. The van der Waals surface area contributed by atoms with Gasteiger partial charge in [0.15, 0.2) is 0 Å². The number of likely N-dealkylation sites (tertiary alicyclic amines) is 1. The van der Waals surface area contributed by atoms with Gasteiger partial charge >= 0.3 is 0 Å². The number of para-hydroxylation sites is 2. The minimum Gasteiger partial charge on any atom is -0.383 e. The Morgan fingerprint density at radius 3 is 2.48 bits per heavy atom. The van der Waals surface area contributed by atoms with E-state index in [2.05, 4.69) is 50.4 Å². The standard InChI is InChI=1S/C32H36N6O2/c1-40-21-17-34-31(39)27-12-10-24(11-13-27)14-18-37-19-15-28(16-20-37)35-32-36-29-4-2-3-5-30(29)38(32)23-26-8-6-25(22-33)7-9-26/h2-13,28H,14-21,23H2,1H3,(H,34,39)(H,35,36). The van der Waals surface area contributed by atoms with Crippen LogP contribution in [0, 0.1) is 11.3 Å². The number of ether oxygens (including phenoxy) is 1. The molecule has 3 aromatic carbocycles. The number of imidazole rings is 1. The molecule has 8 nitrogen and oxygen atoms in total. The molecule has 1 aliphatic heterocycles. The lowest BCUT2D eigenvalue weighted by Gasteiger charge is -2.32. The fourth-order valence-corrected chi connectivity index (χ4v) is 5.18. The molecule has 2 N–H and O–H groups in total. The molecule has 1 fully saturated rings. The van der Waals surface area contributed by atoms with Crippen molar-refractivity contribution in [1.29, 1.82) is 5.26 Å². The maximum atomic E-state index is 12.2. The summed E-state index contributed by atoms with van der Waals surface area (Å²) in [6, 6.07) is 26.5. The van der Waals surface area contributed by atoms with Gasteiger partial charge in [-0.25, -0.2) is 4.98 Å². The summed E-state index contributed by atoms with van der Waals surface area (Å²) in [5, 5.41) is 15.7. The van der Waals surface area contributed by atoms with Crippen molar-refractivity contribution in [3.05, 3.63) is 95.1 Å². The second-order valence-corrected chi connectivity index (χ2v) is 10.3. The van der Waals surface area contributed by atoms with Crippen LogP contribution in [0.4, 0.5) is 5.95 Å². The first-order valence-corrected chi connectivity index (χ1v) is 13.9. The average Bonchev–Trinajstić information content (AvgIpc) is 3.34. The first-order chi connectivity index (χ1) is 19.6. The van der Waals surface area contributed by atoms with E-state index in [0.717, 1.165) is 61.4 Å². The molecule has 0 radical (unpaired) electrons. The van der Waals surface area contributed by atoms with E-state index in [1.807, 2.05) is 48.5 Å². The van der Waals surface area contributed by atoms with Crippen molar-refractivity contribution < 1.29 is 9.53 Å². The van der Waals surface area contributed by atoms with Crippen molar-refractivity contribution in [2.75, 3.05) is 45.2 Å². The number of hydrogen-bond donors (Lipinski definition) is 2. The summed E-state index contributed by atoms with van der Waals surface area (Å²) in [6.45, 7) is 4.79. The van der Waals surface area contributed by atoms with Crippen molar-refractivity contribution in [1.82, 2.24) is 19.8 Å². The fourth-order valence-electron chi connectivity index (χ4n) is 5.18. The van der Waals surface area contributed by atoms with Gasteiger partial charge in [-0.1, -0.05) is 36.4 Å². The van der Waals surface area contributed by atoms with Crippen LogP contribution >= 0.6 is 0 Å². The van der Waals surface area contributed by atoms with Gasteiger partial charge in [0, 0.05) is 44.9 Å². The summed E-state index contributed by atoms with van der Waals surface area (Å²) in [5.74, 6) is 0.832. The molecule has 0 unspecified atom stereocenters. The Balaban J connectivity index is 1.14. The third kappa shape index (κ3) is 6.87. The van der Waals surface area contributed by atoms with Gasteiger partial charge in [0.1, 0.15) is 0 Å². The smallest absolute Gasteiger partial charge is 0.251 e. The Kier molecular flexibility index (Phi) is 9.07. The van der Waals surface area contributed by atoms with Gasteiger partial charge in [-0.05, 0) is 66.8 Å². The van der Waals surface area contributed by atoms with Gasteiger partial charge in [-0.15, -0.1) is 0 Å². The van der Waals surface area contributed by atoms with E-state index in [4.69, 9.17) is 15.0 Å². The second-order valence-electron chi connectivity index (χ2n) is 10.3. The lowest BCUT2D eigenvalue weighted by Crippen LogP contribution is -2.40. The predicted octanol–water partition coefficient (Wildman–Crippen LogP) is 4.45. The number of carbonyl (C=O) groups excluding carboxylic acids is 1. The molecule has 8 heteroatoms. The zero-order chi connectivity index (χ0) is 27.7. The normalized spacial score (nSPS) is 14.2. The van der Waals surface area contributed by atoms with Gasteiger partial charge in [0.25, 0.3) is 5.91 Å². The van der Waals surface area contributed by atoms with Crippen LogP contribution in [-0.4, -0.2) is 66.3 Å². The molecule has 0 bridgehead atoms. The number of piperidine rings is 1. The minimum absolute atomic E-state index is 0.0661.